The zero-order valence-electron chi connectivity index (χ0n) is 7.14. The zero-order chi connectivity index (χ0) is 9.26. The van der Waals surface area contributed by atoms with Crippen LogP contribution in [0.1, 0.15) is 12.0 Å². The van der Waals surface area contributed by atoms with Gasteiger partial charge in [-0.3, -0.25) is 4.79 Å². The van der Waals surface area contributed by atoms with Crippen molar-refractivity contribution in [2.45, 2.75) is 18.2 Å². The molecule has 1 saturated heterocycles. The smallest absolute Gasteiger partial charge is 0.224 e. The maximum Gasteiger partial charge on any atom is 0.224 e. The van der Waals surface area contributed by atoms with Gasteiger partial charge < -0.3 is 4.90 Å². The van der Waals surface area contributed by atoms with Gasteiger partial charge in [-0.1, -0.05) is 0 Å². The molecule has 1 atom stereocenters. The minimum absolute atomic E-state index is 0.228. The maximum atomic E-state index is 11.4. The minimum atomic E-state index is 0.228. The van der Waals surface area contributed by atoms with Gasteiger partial charge in [-0.15, -0.1) is 0 Å². The summed E-state index contributed by atoms with van der Waals surface area (Å²) in [4.78, 5) is 13.3. The normalized spacial score (nSPS) is 22.7. The Hall–Kier alpha value is -0.480. The van der Waals surface area contributed by atoms with Crippen LogP contribution >= 0.6 is 24.0 Å². The average molecular weight is 213 g/mol. The monoisotopic (exact) mass is 213 g/mol. The summed E-state index contributed by atoms with van der Waals surface area (Å²) in [6.07, 6.45) is 0.591. The van der Waals surface area contributed by atoms with E-state index in [1.165, 1.54) is 5.56 Å². The predicted molar refractivity (Wildman–Crippen MR) is 57.1 cm³/mol. The van der Waals surface area contributed by atoms with E-state index in [1.54, 1.807) is 11.3 Å². The van der Waals surface area contributed by atoms with E-state index in [1.807, 2.05) is 10.3 Å². The van der Waals surface area contributed by atoms with Crippen molar-refractivity contribution in [3.05, 3.63) is 22.4 Å². The molecule has 13 heavy (non-hydrogen) atoms. The molecule has 2 heterocycles. The second-order valence-corrected chi connectivity index (χ2v) is 4.77. The van der Waals surface area contributed by atoms with Gasteiger partial charge >= 0.3 is 0 Å². The number of thiol groups is 1. The van der Waals surface area contributed by atoms with Crippen LogP contribution in [0.15, 0.2) is 16.8 Å². The first kappa shape index (κ1) is 9.09. The molecule has 1 amide bonds. The van der Waals surface area contributed by atoms with E-state index in [0.717, 1.165) is 13.1 Å². The molecule has 1 fully saturated rings. The third-order valence-corrected chi connectivity index (χ3v) is 3.23. The van der Waals surface area contributed by atoms with Crippen LogP contribution in [0, 0.1) is 0 Å². The Morgan fingerprint density at radius 3 is 3.08 bits per heavy atom. The van der Waals surface area contributed by atoms with Crippen LogP contribution in [0.3, 0.4) is 0 Å². The summed E-state index contributed by atoms with van der Waals surface area (Å²) in [5.41, 5.74) is 1.22. The molecule has 0 radical (unpaired) electrons. The lowest BCUT2D eigenvalue weighted by atomic mass is 10.3. The number of likely N-dealkylation sites (tertiary alicyclic amines) is 1. The number of rotatable bonds is 2. The lowest BCUT2D eigenvalue weighted by Crippen LogP contribution is -2.24. The van der Waals surface area contributed by atoms with Gasteiger partial charge in [0, 0.05) is 24.8 Å². The van der Waals surface area contributed by atoms with Gasteiger partial charge in [-0.25, -0.2) is 0 Å². The number of nitrogens with zero attached hydrogens (tertiary/aromatic N) is 1. The molecule has 1 aromatic rings. The number of carbonyl (C=O) groups excluding carboxylic acids is 1. The SMILES string of the molecule is O=C1CC(S)CN1Cc1ccsc1. The predicted octanol–water partition coefficient (Wildman–Crippen LogP) is 1.78. The van der Waals surface area contributed by atoms with Crippen LogP contribution < -0.4 is 0 Å². The van der Waals surface area contributed by atoms with Crippen molar-refractivity contribution in [1.82, 2.24) is 4.90 Å². The van der Waals surface area contributed by atoms with Gasteiger partial charge in [-0.05, 0) is 22.4 Å². The molecule has 1 unspecified atom stereocenters. The highest BCUT2D eigenvalue weighted by atomic mass is 32.1. The van der Waals surface area contributed by atoms with E-state index in [0.29, 0.717) is 6.42 Å². The summed E-state index contributed by atoms with van der Waals surface area (Å²) in [5.74, 6) is 0.228. The highest BCUT2D eigenvalue weighted by Gasteiger charge is 2.26. The fourth-order valence-corrected chi connectivity index (χ4v) is 2.52. The average Bonchev–Trinajstić information content (AvgIpc) is 2.63. The van der Waals surface area contributed by atoms with Gasteiger partial charge in [0.2, 0.25) is 5.91 Å². The van der Waals surface area contributed by atoms with Crippen molar-refractivity contribution < 1.29 is 4.79 Å². The quantitative estimate of drug-likeness (QED) is 0.743. The molecule has 0 N–H and O–H groups in total. The van der Waals surface area contributed by atoms with Crippen LogP contribution in [0.2, 0.25) is 0 Å². The van der Waals surface area contributed by atoms with Crippen molar-refractivity contribution >= 4 is 29.9 Å². The second kappa shape index (κ2) is 3.72. The summed E-state index contributed by atoms with van der Waals surface area (Å²) in [6.45, 7) is 1.54. The Kier molecular flexibility index (Phi) is 2.60. The van der Waals surface area contributed by atoms with E-state index in [9.17, 15) is 4.79 Å². The molecular weight excluding hydrogens is 202 g/mol. The van der Waals surface area contributed by atoms with Crippen LogP contribution in [0.5, 0.6) is 0 Å². The van der Waals surface area contributed by atoms with Gasteiger partial charge in [0.25, 0.3) is 0 Å². The number of hydrogen-bond donors (Lipinski definition) is 1. The number of carbonyl (C=O) groups is 1. The van der Waals surface area contributed by atoms with Crippen molar-refractivity contribution in [3.63, 3.8) is 0 Å². The topological polar surface area (TPSA) is 20.3 Å². The third-order valence-electron chi connectivity index (χ3n) is 2.15. The highest BCUT2D eigenvalue weighted by Crippen LogP contribution is 2.19. The molecule has 1 aliphatic rings. The fraction of sp³-hybridized carbons (Fsp3) is 0.444. The summed E-state index contributed by atoms with van der Waals surface area (Å²) in [5, 5.41) is 4.35. The number of hydrogen-bond acceptors (Lipinski definition) is 3. The van der Waals surface area contributed by atoms with E-state index in [-0.39, 0.29) is 11.2 Å². The molecule has 70 valence electrons. The van der Waals surface area contributed by atoms with Gasteiger partial charge in [0.1, 0.15) is 0 Å². The van der Waals surface area contributed by atoms with Crippen LogP contribution in [0.4, 0.5) is 0 Å². The summed E-state index contributed by atoms with van der Waals surface area (Å²) >= 11 is 5.97. The lowest BCUT2D eigenvalue weighted by molar-refractivity contribution is -0.128. The fourth-order valence-electron chi connectivity index (χ4n) is 1.51. The van der Waals surface area contributed by atoms with Crippen LogP contribution in [-0.2, 0) is 11.3 Å². The van der Waals surface area contributed by atoms with E-state index in [4.69, 9.17) is 0 Å². The Labute approximate surface area is 87.0 Å². The van der Waals surface area contributed by atoms with Crippen molar-refractivity contribution in [2.75, 3.05) is 6.54 Å². The first-order valence-electron chi connectivity index (χ1n) is 4.22. The van der Waals surface area contributed by atoms with Crippen LogP contribution in [-0.4, -0.2) is 22.6 Å². The Bertz CT molecular complexity index is 297. The molecule has 1 aromatic heterocycles. The van der Waals surface area contributed by atoms with E-state index >= 15 is 0 Å². The first-order valence-corrected chi connectivity index (χ1v) is 5.68. The summed E-state index contributed by atoms with van der Waals surface area (Å²) in [7, 11) is 0. The van der Waals surface area contributed by atoms with Crippen molar-refractivity contribution in [1.29, 1.82) is 0 Å². The number of amides is 1. The van der Waals surface area contributed by atoms with Gasteiger partial charge in [-0.2, -0.15) is 24.0 Å². The van der Waals surface area contributed by atoms with Crippen molar-refractivity contribution in [2.24, 2.45) is 0 Å². The second-order valence-electron chi connectivity index (χ2n) is 3.26. The molecule has 1 aliphatic heterocycles. The van der Waals surface area contributed by atoms with Gasteiger partial charge in [0.15, 0.2) is 0 Å². The molecule has 0 spiro atoms. The highest BCUT2D eigenvalue weighted by molar-refractivity contribution is 7.81. The van der Waals surface area contributed by atoms with E-state index in [2.05, 4.69) is 24.1 Å². The molecule has 0 saturated carbocycles. The molecule has 0 bridgehead atoms. The zero-order valence-corrected chi connectivity index (χ0v) is 8.85. The van der Waals surface area contributed by atoms with Gasteiger partial charge in [0.05, 0.1) is 0 Å². The summed E-state index contributed by atoms with van der Waals surface area (Å²) in [6, 6.07) is 2.06. The van der Waals surface area contributed by atoms with E-state index < -0.39 is 0 Å². The molecule has 2 nitrogen and oxygen atoms in total. The Morgan fingerprint density at radius 2 is 2.54 bits per heavy atom. The summed E-state index contributed by atoms with van der Waals surface area (Å²) < 4.78 is 0. The molecular formula is C9H11NOS2. The van der Waals surface area contributed by atoms with Crippen LogP contribution in [0.25, 0.3) is 0 Å². The number of thiophene rings is 1. The van der Waals surface area contributed by atoms with Crippen molar-refractivity contribution in [3.8, 4) is 0 Å². The lowest BCUT2D eigenvalue weighted by Gasteiger charge is -2.14. The standard InChI is InChI=1S/C9H11NOS2/c11-9-3-8(12)5-10(9)4-7-1-2-13-6-7/h1-2,6,8,12H,3-5H2. The largest absolute Gasteiger partial charge is 0.337 e. The Morgan fingerprint density at radius 1 is 1.69 bits per heavy atom. The molecule has 0 aliphatic carbocycles. The maximum absolute atomic E-state index is 11.4. The first-order chi connectivity index (χ1) is 6.25. The molecule has 4 heteroatoms. The molecule has 0 aromatic carbocycles. The Balaban J connectivity index is 1.99. The minimum Gasteiger partial charge on any atom is -0.337 e. The third kappa shape index (κ3) is 2.06. The molecule has 2 rings (SSSR count).